The molecular weight excluding hydrogens is 394 g/mol. The first-order valence-electron chi connectivity index (χ1n) is 11.1. The minimum atomic E-state index is -0.579. The highest BCUT2D eigenvalue weighted by molar-refractivity contribution is 5.77. The zero-order chi connectivity index (χ0) is 21.9. The molecule has 0 aliphatic carbocycles. The fourth-order valence-corrected chi connectivity index (χ4v) is 4.17. The number of aliphatic hydroxyl groups excluding tert-OH is 1. The van der Waals surface area contributed by atoms with Crippen molar-refractivity contribution >= 4 is 5.97 Å². The molecule has 1 saturated heterocycles. The molecule has 1 fully saturated rings. The maximum absolute atomic E-state index is 13.0. The van der Waals surface area contributed by atoms with Gasteiger partial charge in [-0.15, -0.1) is 0 Å². The van der Waals surface area contributed by atoms with Gasteiger partial charge in [-0.1, -0.05) is 36.4 Å². The van der Waals surface area contributed by atoms with Crippen molar-refractivity contribution in [3.05, 3.63) is 60.2 Å². The summed E-state index contributed by atoms with van der Waals surface area (Å²) in [6, 6.07) is 17.5. The number of hydrogen-bond donors (Lipinski definition) is 1. The van der Waals surface area contributed by atoms with Gasteiger partial charge in [0.1, 0.15) is 18.1 Å². The summed E-state index contributed by atoms with van der Waals surface area (Å²) < 4.78 is 17.1. The zero-order valence-electron chi connectivity index (χ0n) is 18.3. The number of nitrogens with zero attached hydrogens (tertiary/aromatic N) is 1. The highest BCUT2D eigenvalue weighted by Crippen LogP contribution is 2.36. The van der Waals surface area contributed by atoms with Crippen LogP contribution in [0.15, 0.2) is 54.6 Å². The topological polar surface area (TPSA) is 68.2 Å². The molecule has 6 nitrogen and oxygen atoms in total. The number of rotatable bonds is 11. The minimum Gasteiger partial charge on any atom is -0.494 e. The third kappa shape index (κ3) is 6.45. The van der Waals surface area contributed by atoms with Crippen molar-refractivity contribution in [2.45, 2.75) is 32.7 Å². The number of benzene rings is 2. The molecule has 1 heterocycles. The normalized spacial score (nSPS) is 19.0. The van der Waals surface area contributed by atoms with Crippen LogP contribution in [0, 0.1) is 5.41 Å². The average molecular weight is 428 g/mol. The molecule has 0 spiro atoms. The summed E-state index contributed by atoms with van der Waals surface area (Å²) in [4.78, 5) is 15.3. The van der Waals surface area contributed by atoms with Crippen LogP contribution >= 0.6 is 0 Å². The molecule has 0 saturated carbocycles. The number of carbonyl (C=O) groups excluding carboxylic acids is 1. The number of likely N-dealkylation sites (tertiary alicyclic amines) is 1. The van der Waals surface area contributed by atoms with E-state index in [1.165, 1.54) is 0 Å². The lowest BCUT2D eigenvalue weighted by atomic mass is 9.77. The zero-order valence-corrected chi connectivity index (χ0v) is 18.3. The van der Waals surface area contributed by atoms with Crippen molar-refractivity contribution in [3.63, 3.8) is 0 Å². The number of esters is 1. The Kier molecular flexibility index (Phi) is 8.74. The second-order valence-electron chi connectivity index (χ2n) is 7.91. The van der Waals surface area contributed by atoms with Gasteiger partial charge in [-0.2, -0.15) is 0 Å². The number of aliphatic hydroxyl groups is 1. The van der Waals surface area contributed by atoms with E-state index in [4.69, 9.17) is 19.3 Å². The largest absolute Gasteiger partial charge is 0.494 e. The summed E-state index contributed by atoms with van der Waals surface area (Å²) in [5.74, 6) is 1.45. The van der Waals surface area contributed by atoms with E-state index >= 15 is 0 Å². The Morgan fingerprint density at radius 3 is 2.61 bits per heavy atom. The van der Waals surface area contributed by atoms with E-state index in [9.17, 15) is 4.79 Å². The van der Waals surface area contributed by atoms with Gasteiger partial charge < -0.3 is 19.3 Å². The van der Waals surface area contributed by atoms with E-state index in [0.717, 1.165) is 36.4 Å². The lowest BCUT2D eigenvalue weighted by molar-refractivity contribution is -0.160. The molecule has 1 aliphatic rings. The van der Waals surface area contributed by atoms with Crippen LogP contribution in [0.4, 0.5) is 0 Å². The van der Waals surface area contributed by atoms with Gasteiger partial charge in [0.05, 0.1) is 25.2 Å². The summed E-state index contributed by atoms with van der Waals surface area (Å²) in [5.41, 5.74) is 0.473. The molecule has 168 valence electrons. The van der Waals surface area contributed by atoms with Crippen molar-refractivity contribution in [2.75, 3.05) is 39.5 Å². The predicted molar refractivity (Wildman–Crippen MR) is 119 cm³/mol. The van der Waals surface area contributed by atoms with Crippen molar-refractivity contribution in [2.24, 2.45) is 5.41 Å². The standard InChI is InChI=1S/C25H33NO5/c1-2-29-24(28)25(14-17-30-22-10-4-3-5-11-22)13-8-15-26(20-25)19-21-9-6-7-12-23(21)31-18-16-27/h3-7,9-12,27H,2,8,13-20H2,1H3/t25-/m0/s1. The van der Waals surface area contributed by atoms with Crippen LogP contribution in [0.25, 0.3) is 0 Å². The van der Waals surface area contributed by atoms with Gasteiger partial charge in [0.2, 0.25) is 0 Å². The first-order valence-corrected chi connectivity index (χ1v) is 11.1. The number of carbonyl (C=O) groups is 1. The van der Waals surface area contributed by atoms with Gasteiger partial charge in [-0.25, -0.2) is 0 Å². The quantitative estimate of drug-likeness (QED) is 0.552. The summed E-state index contributed by atoms with van der Waals surface area (Å²) in [7, 11) is 0. The fourth-order valence-electron chi connectivity index (χ4n) is 4.17. The molecule has 1 atom stereocenters. The maximum Gasteiger partial charge on any atom is 0.313 e. The average Bonchev–Trinajstić information content (AvgIpc) is 2.79. The maximum atomic E-state index is 13.0. The smallest absolute Gasteiger partial charge is 0.313 e. The second kappa shape index (κ2) is 11.7. The molecule has 3 rings (SSSR count). The molecule has 0 radical (unpaired) electrons. The lowest BCUT2D eigenvalue weighted by Crippen LogP contribution is -2.49. The molecule has 0 unspecified atom stereocenters. The van der Waals surface area contributed by atoms with Crippen LogP contribution in [-0.2, 0) is 16.1 Å². The molecule has 31 heavy (non-hydrogen) atoms. The lowest BCUT2D eigenvalue weighted by Gasteiger charge is -2.41. The predicted octanol–water partition coefficient (Wildman–Crippen LogP) is 3.67. The number of ether oxygens (including phenoxy) is 3. The third-order valence-electron chi connectivity index (χ3n) is 5.67. The first kappa shape index (κ1) is 23.1. The van der Waals surface area contributed by atoms with Crippen LogP contribution in [0.1, 0.15) is 31.7 Å². The SMILES string of the molecule is CCOC(=O)[C@]1(CCOc2ccccc2)CCCN(Cc2ccccc2OCCO)C1. The van der Waals surface area contributed by atoms with Gasteiger partial charge in [0, 0.05) is 18.7 Å². The van der Waals surface area contributed by atoms with E-state index in [-0.39, 0.29) is 19.2 Å². The molecule has 0 amide bonds. The molecular formula is C25H33NO5. The Hall–Kier alpha value is -2.57. The van der Waals surface area contributed by atoms with Crippen molar-refractivity contribution in [1.29, 1.82) is 0 Å². The van der Waals surface area contributed by atoms with E-state index in [0.29, 0.717) is 32.7 Å². The van der Waals surface area contributed by atoms with Crippen LogP contribution in [0.2, 0.25) is 0 Å². The van der Waals surface area contributed by atoms with Gasteiger partial charge in [-0.3, -0.25) is 9.69 Å². The van der Waals surface area contributed by atoms with Gasteiger partial charge in [0.15, 0.2) is 0 Å². The highest BCUT2D eigenvalue weighted by atomic mass is 16.5. The van der Waals surface area contributed by atoms with Crippen molar-refractivity contribution in [1.82, 2.24) is 4.90 Å². The Morgan fingerprint density at radius 2 is 1.84 bits per heavy atom. The van der Waals surface area contributed by atoms with Crippen LogP contribution < -0.4 is 9.47 Å². The molecule has 2 aromatic rings. The third-order valence-corrected chi connectivity index (χ3v) is 5.67. The Morgan fingerprint density at radius 1 is 1.06 bits per heavy atom. The molecule has 1 N–H and O–H groups in total. The van der Waals surface area contributed by atoms with Gasteiger partial charge in [0.25, 0.3) is 0 Å². The molecule has 2 aromatic carbocycles. The van der Waals surface area contributed by atoms with Crippen LogP contribution in [0.5, 0.6) is 11.5 Å². The highest BCUT2D eigenvalue weighted by Gasteiger charge is 2.43. The number of para-hydroxylation sites is 2. The minimum absolute atomic E-state index is 0.0224. The molecule has 6 heteroatoms. The van der Waals surface area contributed by atoms with Crippen LogP contribution in [-0.4, -0.2) is 55.5 Å². The Balaban J connectivity index is 1.69. The monoisotopic (exact) mass is 427 g/mol. The van der Waals surface area contributed by atoms with E-state index < -0.39 is 5.41 Å². The Labute approximate surface area is 184 Å². The van der Waals surface area contributed by atoms with E-state index in [1.807, 2.05) is 61.5 Å². The summed E-state index contributed by atoms with van der Waals surface area (Å²) in [6.45, 7) is 5.15. The molecule has 1 aliphatic heterocycles. The van der Waals surface area contributed by atoms with Gasteiger partial charge >= 0.3 is 5.97 Å². The van der Waals surface area contributed by atoms with E-state index in [1.54, 1.807) is 0 Å². The number of hydrogen-bond acceptors (Lipinski definition) is 6. The molecule has 0 bridgehead atoms. The first-order chi connectivity index (χ1) is 15.2. The Bertz CT molecular complexity index is 813. The fraction of sp³-hybridized carbons (Fsp3) is 0.480. The summed E-state index contributed by atoms with van der Waals surface area (Å²) in [6.07, 6.45) is 2.33. The number of piperidine rings is 1. The molecule has 0 aromatic heterocycles. The van der Waals surface area contributed by atoms with Crippen molar-refractivity contribution in [3.8, 4) is 11.5 Å². The van der Waals surface area contributed by atoms with Gasteiger partial charge in [-0.05, 0) is 50.9 Å². The summed E-state index contributed by atoms with van der Waals surface area (Å²) >= 11 is 0. The van der Waals surface area contributed by atoms with Crippen molar-refractivity contribution < 1.29 is 24.1 Å². The second-order valence-corrected chi connectivity index (χ2v) is 7.91. The van der Waals surface area contributed by atoms with Crippen LogP contribution in [0.3, 0.4) is 0 Å². The summed E-state index contributed by atoms with van der Waals surface area (Å²) in [5, 5.41) is 9.09. The van der Waals surface area contributed by atoms with E-state index in [2.05, 4.69) is 4.90 Å².